The highest BCUT2D eigenvalue weighted by Gasteiger charge is 2.19. The van der Waals surface area contributed by atoms with Gasteiger partial charge in [0.05, 0.1) is 6.04 Å². The quantitative estimate of drug-likeness (QED) is 0.848. The van der Waals surface area contributed by atoms with Gasteiger partial charge in [0, 0.05) is 10.9 Å². The standard InChI is InChI=1S/C12H13F2NO/c1-6-8-4-5-9(13)10(14)12(8)16-11(6)7(2)15-3/h4-5,7,15H,1-3H3. The van der Waals surface area contributed by atoms with E-state index >= 15 is 0 Å². The highest BCUT2D eigenvalue weighted by atomic mass is 19.2. The van der Waals surface area contributed by atoms with Gasteiger partial charge in [0.15, 0.2) is 11.4 Å². The second-order valence-corrected chi connectivity index (χ2v) is 3.84. The van der Waals surface area contributed by atoms with E-state index in [0.29, 0.717) is 11.1 Å². The molecule has 2 rings (SSSR count). The Kier molecular flexibility index (Phi) is 2.68. The first-order valence-corrected chi connectivity index (χ1v) is 5.10. The van der Waals surface area contributed by atoms with Crippen LogP contribution in [0.15, 0.2) is 16.5 Å². The van der Waals surface area contributed by atoms with Crippen LogP contribution in [0.1, 0.15) is 24.3 Å². The molecule has 0 aliphatic rings. The molecular formula is C12H13F2NO. The Bertz CT molecular complexity index is 533. The first-order valence-electron chi connectivity index (χ1n) is 5.10. The van der Waals surface area contributed by atoms with Crippen molar-refractivity contribution in [2.75, 3.05) is 7.05 Å². The second-order valence-electron chi connectivity index (χ2n) is 3.84. The smallest absolute Gasteiger partial charge is 0.201 e. The van der Waals surface area contributed by atoms with Gasteiger partial charge in [0.1, 0.15) is 5.76 Å². The summed E-state index contributed by atoms with van der Waals surface area (Å²) in [5.41, 5.74) is 0.838. The largest absolute Gasteiger partial charge is 0.456 e. The summed E-state index contributed by atoms with van der Waals surface area (Å²) in [4.78, 5) is 0. The lowest BCUT2D eigenvalue weighted by atomic mass is 10.1. The van der Waals surface area contributed by atoms with Crippen LogP contribution in [0, 0.1) is 18.6 Å². The molecule has 0 aliphatic heterocycles. The third-order valence-electron chi connectivity index (χ3n) is 2.86. The first-order chi connectivity index (χ1) is 7.56. The second kappa shape index (κ2) is 3.87. The van der Waals surface area contributed by atoms with E-state index in [0.717, 1.165) is 11.6 Å². The molecule has 2 aromatic rings. The van der Waals surface area contributed by atoms with Crippen molar-refractivity contribution in [3.63, 3.8) is 0 Å². The maximum absolute atomic E-state index is 13.5. The number of aryl methyl sites for hydroxylation is 1. The molecule has 1 aromatic heterocycles. The van der Waals surface area contributed by atoms with Gasteiger partial charge in [-0.15, -0.1) is 0 Å². The van der Waals surface area contributed by atoms with Gasteiger partial charge in [-0.2, -0.15) is 4.39 Å². The molecule has 0 aliphatic carbocycles. The van der Waals surface area contributed by atoms with E-state index in [4.69, 9.17) is 4.42 Å². The number of fused-ring (bicyclic) bond motifs is 1. The van der Waals surface area contributed by atoms with Crippen LogP contribution in [0.25, 0.3) is 11.0 Å². The lowest BCUT2D eigenvalue weighted by molar-refractivity contribution is 0.446. The maximum Gasteiger partial charge on any atom is 0.201 e. The molecule has 1 atom stereocenters. The van der Waals surface area contributed by atoms with Crippen LogP contribution in [0.5, 0.6) is 0 Å². The fourth-order valence-corrected chi connectivity index (χ4v) is 1.79. The molecule has 2 nitrogen and oxygen atoms in total. The normalized spacial score (nSPS) is 13.3. The van der Waals surface area contributed by atoms with E-state index in [9.17, 15) is 8.78 Å². The van der Waals surface area contributed by atoms with Gasteiger partial charge < -0.3 is 9.73 Å². The molecule has 1 unspecified atom stereocenters. The van der Waals surface area contributed by atoms with Gasteiger partial charge in [0.25, 0.3) is 0 Å². The molecular weight excluding hydrogens is 212 g/mol. The van der Waals surface area contributed by atoms with Crippen LogP contribution in [-0.2, 0) is 0 Å². The molecule has 4 heteroatoms. The predicted molar refractivity (Wildman–Crippen MR) is 58.3 cm³/mol. The Hall–Kier alpha value is -1.42. The van der Waals surface area contributed by atoms with E-state index in [1.54, 1.807) is 13.1 Å². The van der Waals surface area contributed by atoms with E-state index in [-0.39, 0.29) is 11.6 Å². The molecule has 16 heavy (non-hydrogen) atoms. The van der Waals surface area contributed by atoms with Crippen molar-refractivity contribution >= 4 is 11.0 Å². The maximum atomic E-state index is 13.5. The van der Waals surface area contributed by atoms with Crippen molar-refractivity contribution in [3.05, 3.63) is 35.1 Å². The summed E-state index contributed by atoms with van der Waals surface area (Å²) in [6, 6.07) is 2.63. The van der Waals surface area contributed by atoms with Crippen molar-refractivity contribution in [1.29, 1.82) is 0 Å². The third kappa shape index (κ3) is 1.50. The van der Waals surface area contributed by atoms with Crippen molar-refractivity contribution in [1.82, 2.24) is 5.32 Å². The van der Waals surface area contributed by atoms with Gasteiger partial charge in [-0.05, 0) is 33.0 Å². The minimum Gasteiger partial charge on any atom is -0.456 e. The summed E-state index contributed by atoms with van der Waals surface area (Å²) >= 11 is 0. The number of rotatable bonds is 2. The Morgan fingerprint density at radius 3 is 2.62 bits per heavy atom. The molecule has 0 saturated heterocycles. The van der Waals surface area contributed by atoms with Crippen molar-refractivity contribution in [2.24, 2.45) is 0 Å². The van der Waals surface area contributed by atoms with Crippen LogP contribution in [0.2, 0.25) is 0 Å². The number of benzene rings is 1. The summed E-state index contributed by atoms with van der Waals surface area (Å²) in [7, 11) is 1.79. The topological polar surface area (TPSA) is 25.2 Å². The van der Waals surface area contributed by atoms with E-state index < -0.39 is 11.6 Å². The molecule has 1 heterocycles. The number of halogens is 2. The Labute approximate surface area is 92.2 Å². The number of nitrogens with one attached hydrogen (secondary N) is 1. The fourth-order valence-electron chi connectivity index (χ4n) is 1.79. The number of furan rings is 1. The highest BCUT2D eigenvalue weighted by Crippen LogP contribution is 2.31. The zero-order chi connectivity index (χ0) is 11.9. The van der Waals surface area contributed by atoms with Gasteiger partial charge in [0.2, 0.25) is 5.82 Å². The molecule has 0 saturated carbocycles. The third-order valence-corrected chi connectivity index (χ3v) is 2.86. The van der Waals surface area contributed by atoms with Crippen molar-refractivity contribution in [3.8, 4) is 0 Å². The lowest BCUT2D eigenvalue weighted by Crippen LogP contribution is -2.12. The molecule has 1 N–H and O–H groups in total. The van der Waals surface area contributed by atoms with Gasteiger partial charge in [-0.3, -0.25) is 0 Å². The first kappa shape index (κ1) is 11.1. The molecule has 0 amide bonds. The fraction of sp³-hybridized carbons (Fsp3) is 0.333. The average Bonchev–Trinajstić information content (AvgIpc) is 2.61. The van der Waals surface area contributed by atoms with Crippen LogP contribution >= 0.6 is 0 Å². The SMILES string of the molecule is CNC(C)c1oc2c(F)c(F)ccc2c1C. The van der Waals surface area contributed by atoms with Crippen LogP contribution in [0.4, 0.5) is 8.78 Å². The van der Waals surface area contributed by atoms with Crippen LogP contribution in [0.3, 0.4) is 0 Å². The number of hydrogen-bond donors (Lipinski definition) is 1. The molecule has 0 fully saturated rings. The Morgan fingerprint density at radius 2 is 2.00 bits per heavy atom. The highest BCUT2D eigenvalue weighted by molar-refractivity contribution is 5.82. The summed E-state index contributed by atoms with van der Waals surface area (Å²) in [6.45, 7) is 3.74. The number of hydrogen-bond acceptors (Lipinski definition) is 2. The monoisotopic (exact) mass is 225 g/mol. The summed E-state index contributed by atoms with van der Waals surface area (Å²) in [5, 5.41) is 3.63. The van der Waals surface area contributed by atoms with Gasteiger partial charge in [-0.25, -0.2) is 4.39 Å². The lowest BCUT2D eigenvalue weighted by Gasteiger charge is -2.06. The van der Waals surface area contributed by atoms with Gasteiger partial charge >= 0.3 is 0 Å². The molecule has 1 aromatic carbocycles. The Balaban J connectivity index is 2.72. The van der Waals surface area contributed by atoms with E-state index in [2.05, 4.69) is 5.32 Å². The molecule has 0 radical (unpaired) electrons. The molecule has 0 spiro atoms. The van der Waals surface area contributed by atoms with Gasteiger partial charge in [-0.1, -0.05) is 0 Å². The summed E-state index contributed by atoms with van der Waals surface area (Å²) in [5.74, 6) is -1.16. The van der Waals surface area contributed by atoms with Crippen LogP contribution < -0.4 is 5.32 Å². The summed E-state index contributed by atoms with van der Waals surface area (Å²) in [6.07, 6.45) is 0. The molecule has 86 valence electrons. The zero-order valence-electron chi connectivity index (χ0n) is 9.40. The Morgan fingerprint density at radius 1 is 1.31 bits per heavy atom. The minimum absolute atomic E-state index is 0.00500. The van der Waals surface area contributed by atoms with Crippen LogP contribution in [-0.4, -0.2) is 7.05 Å². The average molecular weight is 225 g/mol. The molecule has 0 bridgehead atoms. The summed E-state index contributed by atoms with van der Waals surface area (Å²) < 4.78 is 31.9. The zero-order valence-corrected chi connectivity index (χ0v) is 9.40. The van der Waals surface area contributed by atoms with E-state index in [1.807, 2.05) is 13.8 Å². The van der Waals surface area contributed by atoms with Crippen molar-refractivity contribution < 1.29 is 13.2 Å². The minimum atomic E-state index is -0.921. The van der Waals surface area contributed by atoms with E-state index in [1.165, 1.54) is 0 Å². The van der Waals surface area contributed by atoms with Crippen molar-refractivity contribution in [2.45, 2.75) is 19.9 Å². The predicted octanol–water partition coefficient (Wildman–Crippen LogP) is 3.30.